The van der Waals surface area contributed by atoms with E-state index in [1.807, 2.05) is 18.2 Å². The Balaban J connectivity index is 1.59. The van der Waals surface area contributed by atoms with E-state index in [1.165, 1.54) is 12.5 Å². The highest BCUT2D eigenvalue weighted by molar-refractivity contribution is 6.07. The lowest BCUT2D eigenvalue weighted by Gasteiger charge is -2.23. The summed E-state index contributed by atoms with van der Waals surface area (Å²) in [6.45, 7) is 3.78. The minimum Gasteiger partial charge on any atom is -0.469 e. The van der Waals surface area contributed by atoms with Gasteiger partial charge >= 0.3 is 0 Å². The number of aryl methyl sites for hydroxylation is 2. The number of nitrogens with zero attached hydrogens (tertiary/aromatic N) is 2. The number of rotatable bonds is 6. The number of carbonyl (C=O) groups is 2. The maximum absolute atomic E-state index is 13.2. The van der Waals surface area contributed by atoms with E-state index in [1.54, 1.807) is 61.3 Å². The lowest BCUT2D eigenvalue weighted by Crippen LogP contribution is -2.31. The Morgan fingerprint density at radius 1 is 0.903 bits per heavy atom. The average molecular weight is 415 g/mol. The van der Waals surface area contributed by atoms with Crippen LogP contribution in [0.5, 0.6) is 0 Å². The molecule has 0 atom stereocenters. The van der Waals surface area contributed by atoms with Crippen molar-refractivity contribution in [3.05, 3.63) is 102 Å². The molecule has 2 amide bonds. The van der Waals surface area contributed by atoms with E-state index in [-0.39, 0.29) is 11.8 Å². The molecule has 7 heteroatoms. The lowest BCUT2D eigenvalue weighted by atomic mass is 10.1. The Hall–Kier alpha value is -4.13. The highest BCUT2D eigenvalue weighted by Gasteiger charge is 2.22. The van der Waals surface area contributed by atoms with E-state index < -0.39 is 0 Å². The molecule has 31 heavy (non-hydrogen) atoms. The number of benzene rings is 1. The summed E-state index contributed by atoms with van der Waals surface area (Å²) in [6.07, 6.45) is 4.67. The summed E-state index contributed by atoms with van der Waals surface area (Å²) < 4.78 is 10.5. The minimum absolute atomic E-state index is 0.192. The van der Waals surface area contributed by atoms with Gasteiger partial charge in [0.25, 0.3) is 11.8 Å². The van der Waals surface area contributed by atoms with Gasteiger partial charge in [-0.2, -0.15) is 0 Å². The third-order valence-corrected chi connectivity index (χ3v) is 4.92. The van der Waals surface area contributed by atoms with Crippen LogP contribution in [-0.2, 0) is 6.54 Å². The van der Waals surface area contributed by atoms with Gasteiger partial charge in [0.05, 0.1) is 35.9 Å². The zero-order valence-electron chi connectivity index (χ0n) is 17.2. The first kappa shape index (κ1) is 20.2. The lowest BCUT2D eigenvalue weighted by molar-refractivity contribution is 0.0981. The summed E-state index contributed by atoms with van der Waals surface area (Å²) in [5, 5.41) is 2.84. The van der Waals surface area contributed by atoms with Gasteiger partial charge < -0.3 is 19.1 Å². The van der Waals surface area contributed by atoms with Crippen LogP contribution in [-0.4, -0.2) is 16.8 Å². The van der Waals surface area contributed by atoms with E-state index in [0.717, 1.165) is 5.69 Å². The van der Waals surface area contributed by atoms with Gasteiger partial charge in [-0.05, 0) is 62.4 Å². The first-order valence-electron chi connectivity index (χ1n) is 9.74. The Labute approximate surface area is 179 Å². The minimum atomic E-state index is -0.255. The number of amides is 2. The number of aromatic nitrogens is 1. The van der Waals surface area contributed by atoms with Crippen molar-refractivity contribution in [2.45, 2.75) is 20.4 Å². The van der Waals surface area contributed by atoms with E-state index in [4.69, 9.17) is 8.83 Å². The predicted octanol–water partition coefficient (Wildman–Crippen LogP) is 4.98. The number of hydrogen-bond donors (Lipinski definition) is 1. The molecule has 156 valence electrons. The molecule has 4 aromatic rings. The van der Waals surface area contributed by atoms with Crippen LogP contribution in [0, 0.1) is 13.8 Å². The molecule has 0 spiro atoms. The molecular formula is C24H21N3O4. The van der Waals surface area contributed by atoms with Gasteiger partial charge in [-0.15, -0.1) is 0 Å². The van der Waals surface area contributed by atoms with E-state index in [0.29, 0.717) is 40.6 Å². The third kappa shape index (κ3) is 4.40. The zero-order chi connectivity index (χ0) is 21.8. The van der Waals surface area contributed by atoms with E-state index in [2.05, 4.69) is 10.3 Å². The van der Waals surface area contributed by atoms with Crippen molar-refractivity contribution in [3.8, 4) is 0 Å². The zero-order valence-corrected chi connectivity index (χ0v) is 17.2. The standard InChI is InChI=1S/C24H21N3O4/c1-16-21(10-13-30-16)23(28)26-18-6-8-20(9-7-18)27(15-19-5-3-4-12-25-19)24(29)22-11-14-31-17(22)2/h3-14H,15H2,1-2H3,(H,26,28). The molecule has 1 aromatic carbocycles. The number of carbonyl (C=O) groups excluding carboxylic acids is 2. The van der Waals surface area contributed by atoms with Crippen molar-refractivity contribution in [2.24, 2.45) is 0 Å². The molecule has 0 aliphatic carbocycles. The molecule has 0 unspecified atom stereocenters. The number of anilines is 2. The fraction of sp³-hybridized carbons (Fsp3) is 0.125. The van der Waals surface area contributed by atoms with Crippen molar-refractivity contribution in [1.29, 1.82) is 0 Å². The quantitative estimate of drug-likeness (QED) is 0.480. The van der Waals surface area contributed by atoms with Gasteiger partial charge in [-0.1, -0.05) is 6.07 Å². The maximum Gasteiger partial charge on any atom is 0.262 e. The van der Waals surface area contributed by atoms with Crippen LogP contribution in [0.15, 0.2) is 82.2 Å². The Morgan fingerprint density at radius 3 is 2.16 bits per heavy atom. The van der Waals surface area contributed by atoms with Crippen LogP contribution >= 0.6 is 0 Å². The monoisotopic (exact) mass is 415 g/mol. The van der Waals surface area contributed by atoms with Crippen molar-refractivity contribution in [1.82, 2.24) is 4.98 Å². The van der Waals surface area contributed by atoms with Gasteiger partial charge in [-0.25, -0.2) is 0 Å². The first-order valence-corrected chi connectivity index (χ1v) is 9.74. The molecule has 0 fully saturated rings. The summed E-state index contributed by atoms with van der Waals surface area (Å²) in [4.78, 5) is 31.6. The van der Waals surface area contributed by atoms with Gasteiger partial charge in [0.2, 0.25) is 0 Å². The Morgan fingerprint density at radius 2 is 1.58 bits per heavy atom. The highest BCUT2D eigenvalue weighted by atomic mass is 16.3. The average Bonchev–Trinajstić information content (AvgIpc) is 3.41. The summed E-state index contributed by atoms with van der Waals surface area (Å²) in [5.41, 5.74) is 3.01. The number of pyridine rings is 1. The second-order valence-corrected chi connectivity index (χ2v) is 6.99. The van der Waals surface area contributed by atoms with Gasteiger partial charge in [0.15, 0.2) is 0 Å². The summed E-state index contributed by atoms with van der Waals surface area (Å²) in [5.74, 6) is 0.657. The van der Waals surface area contributed by atoms with Crippen molar-refractivity contribution in [2.75, 3.05) is 10.2 Å². The fourth-order valence-corrected chi connectivity index (χ4v) is 3.23. The van der Waals surface area contributed by atoms with Crippen LogP contribution in [0.25, 0.3) is 0 Å². The van der Waals surface area contributed by atoms with Crippen LogP contribution in [0.3, 0.4) is 0 Å². The topological polar surface area (TPSA) is 88.6 Å². The SMILES string of the molecule is Cc1occc1C(=O)Nc1ccc(N(Cc2ccccn2)C(=O)c2ccoc2C)cc1. The molecule has 0 aliphatic rings. The molecule has 0 saturated heterocycles. The second-order valence-electron chi connectivity index (χ2n) is 6.99. The van der Waals surface area contributed by atoms with Gasteiger partial charge in [-0.3, -0.25) is 14.6 Å². The summed E-state index contributed by atoms with van der Waals surface area (Å²) in [7, 11) is 0. The molecule has 0 bridgehead atoms. The number of furan rings is 2. The molecule has 3 heterocycles. The van der Waals surface area contributed by atoms with Crippen molar-refractivity contribution in [3.63, 3.8) is 0 Å². The summed E-state index contributed by atoms with van der Waals surface area (Å²) in [6, 6.07) is 15.9. The molecule has 0 aliphatic heterocycles. The highest BCUT2D eigenvalue weighted by Crippen LogP contribution is 2.24. The Kier molecular flexibility index (Phi) is 5.66. The van der Waals surface area contributed by atoms with Crippen molar-refractivity contribution < 1.29 is 18.4 Å². The molecule has 4 rings (SSSR count). The molecule has 0 radical (unpaired) electrons. The number of hydrogen-bond acceptors (Lipinski definition) is 5. The van der Waals surface area contributed by atoms with E-state index in [9.17, 15) is 9.59 Å². The van der Waals surface area contributed by atoms with Crippen LogP contribution in [0.4, 0.5) is 11.4 Å². The molecular weight excluding hydrogens is 394 g/mol. The third-order valence-electron chi connectivity index (χ3n) is 4.92. The van der Waals surface area contributed by atoms with Gasteiger partial charge in [0.1, 0.15) is 11.5 Å². The first-order chi connectivity index (χ1) is 15.0. The van der Waals surface area contributed by atoms with E-state index >= 15 is 0 Å². The fourth-order valence-electron chi connectivity index (χ4n) is 3.23. The predicted molar refractivity (Wildman–Crippen MR) is 116 cm³/mol. The van der Waals surface area contributed by atoms with Crippen molar-refractivity contribution >= 4 is 23.2 Å². The summed E-state index contributed by atoms with van der Waals surface area (Å²) >= 11 is 0. The smallest absolute Gasteiger partial charge is 0.262 e. The van der Waals surface area contributed by atoms with Gasteiger partial charge in [0, 0.05) is 17.6 Å². The normalized spacial score (nSPS) is 10.6. The number of nitrogens with one attached hydrogen (secondary N) is 1. The largest absolute Gasteiger partial charge is 0.469 e. The Bertz CT molecular complexity index is 1190. The second kappa shape index (κ2) is 8.71. The maximum atomic E-state index is 13.2. The van der Waals surface area contributed by atoms with Crippen LogP contribution in [0.2, 0.25) is 0 Å². The molecule has 1 N–H and O–H groups in total. The molecule has 0 saturated carbocycles. The van der Waals surface area contributed by atoms with Crippen LogP contribution in [0.1, 0.15) is 37.9 Å². The molecule has 7 nitrogen and oxygen atoms in total. The molecule has 3 aromatic heterocycles. The van der Waals surface area contributed by atoms with Crippen LogP contribution < -0.4 is 10.2 Å².